The van der Waals surface area contributed by atoms with E-state index < -0.39 is 5.54 Å². The summed E-state index contributed by atoms with van der Waals surface area (Å²) in [7, 11) is 0. The zero-order valence-electron chi connectivity index (χ0n) is 13.2. The summed E-state index contributed by atoms with van der Waals surface area (Å²) in [5.74, 6) is 0.0505. The molecule has 0 spiro atoms. The molecule has 2 aliphatic rings. The van der Waals surface area contributed by atoms with Gasteiger partial charge in [-0.1, -0.05) is 19.9 Å². The van der Waals surface area contributed by atoms with Gasteiger partial charge >= 0.3 is 0 Å². The number of fused-ring (bicyclic) bond motifs is 1. The highest BCUT2D eigenvalue weighted by atomic mass is 16.5. The second-order valence-corrected chi connectivity index (χ2v) is 6.58. The Bertz CT molecular complexity index is 397. The molecule has 1 aliphatic heterocycles. The van der Waals surface area contributed by atoms with E-state index in [1.54, 1.807) is 0 Å². The zero-order valence-corrected chi connectivity index (χ0v) is 13.2. The molecule has 3 unspecified atom stereocenters. The first-order valence-corrected chi connectivity index (χ1v) is 7.83. The Labute approximate surface area is 127 Å². The fourth-order valence-electron chi connectivity index (χ4n) is 3.69. The number of hydrogen-bond acceptors (Lipinski definition) is 4. The maximum atomic E-state index is 12.5. The van der Waals surface area contributed by atoms with Gasteiger partial charge in [0.25, 0.3) is 0 Å². The molecule has 5 heteroatoms. The van der Waals surface area contributed by atoms with Crippen molar-refractivity contribution in [1.29, 1.82) is 0 Å². The summed E-state index contributed by atoms with van der Waals surface area (Å²) < 4.78 is 11.2. The third kappa shape index (κ3) is 2.74. The second-order valence-electron chi connectivity index (χ2n) is 6.58. The highest BCUT2D eigenvalue weighted by Crippen LogP contribution is 2.57. The first kappa shape index (κ1) is 16.5. The number of carbonyl (C=O) groups excluding carboxylic acids is 1. The summed E-state index contributed by atoms with van der Waals surface area (Å²) in [6.07, 6.45) is 4.68. The van der Waals surface area contributed by atoms with Gasteiger partial charge in [-0.15, -0.1) is 6.58 Å². The van der Waals surface area contributed by atoms with Crippen LogP contribution in [-0.4, -0.2) is 43.9 Å². The van der Waals surface area contributed by atoms with Crippen LogP contribution in [0.1, 0.15) is 33.1 Å². The lowest BCUT2D eigenvalue weighted by molar-refractivity contribution is -0.225. The van der Waals surface area contributed by atoms with Crippen LogP contribution in [0.3, 0.4) is 0 Å². The molecule has 1 saturated carbocycles. The molecule has 21 heavy (non-hydrogen) atoms. The van der Waals surface area contributed by atoms with Crippen molar-refractivity contribution in [3.05, 3.63) is 12.7 Å². The standard InChI is InChI=1S/C16H28N2O3/c1-4-5-9-20-11-8-18-14(19)16(17)12-7-6-10-21-13(12)15(16,2)3/h4,12-13H,1,5-11,17H2,2-3H3,(H,18,19). The smallest absolute Gasteiger partial charge is 0.241 e. The van der Waals surface area contributed by atoms with Gasteiger partial charge in [-0.2, -0.15) is 0 Å². The molecule has 5 nitrogen and oxygen atoms in total. The normalized spacial score (nSPS) is 33.7. The zero-order chi connectivity index (χ0) is 15.5. The highest BCUT2D eigenvalue weighted by molar-refractivity contribution is 5.89. The third-order valence-corrected chi connectivity index (χ3v) is 5.06. The van der Waals surface area contributed by atoms with Gasteiger partial charge in [-0.25, -0.2) is 0 Å². The fraction of sp³-hybridized carbons (Fsp3) is 0.812. The van der Waals surface area contributed by atoms with Crippen molar-refractivity contribution in [2.24, 2.45) is 17.1 Å². The van der Waals surface area contributed by atoms with Gasteiger partial charge in [0.15, 0.2) is 0 Å². The first-order chi connectivity index (χ1) is 9.96. The maximum Gasteiger partial charge on any atom is 0.241 e. The predicted molar refractivity (Wildman–Crippen MR) is 81.8 cm³/mol. The Balaban J connectivity index is 1.84. The number of rotatable bonds is 7. The van der Waals surface area contributed by atoms with Gasteiger partial charge in [-0.3, -0.25) is 4.79 Å². The summed E-state index contributed by atoms with van der Waals surface area (Å²) >= 11 is 0. The number of amides is 1. The van der Waals surface area contributed by atoms with Crippen LogP contribution in [0, 0.1) is 11.3 Å². The predicted octanol–water partition coefficient (Wildman–Crippen LogP) is 1.23. The van der Waals surface area contributed by atoms with Gasteiger partial charge < -0.3 is 20.5 Å². The van der Waals surface area contributed by atoms with Gasteiger partial charge in [0, 0.05) is 24.5 Å². The average molecular weight is 296 g/mol. The molecule has 3 N–H and O–H groups in total. The van der Waals surface area contributed by atoms with E-state index in [1.165, 1.54) is 0 Å². The summed E-state index contributed by atoms with van der Waals surface area (Å²) in [6, 6.07) is 0. The Hall–Kier alpha value is -0.910. The van der Waals surface area contributed by atoms with E-state index in [4.69, 9.17) is 15.2 Å². The molecular weight excluding hydrogens is 268 g/mol. The maximum absolute atomic E-state index is 12.5. The Morgan fingerprint density at radius 3 is 3.00 bits per heavy atom. The number of ether oxygens (including phenoxy) is 2. The van der Waals surface area contributed by atoms with E-state index >= 15 is 0 Å². The van der Waals surface area contributed by atoms with Crippen molar-refractivity contribution >= 4 is 5.91 Å². The molecule has 2 fully saturated rings. The molecule has 3 atom stereocenters. The Morgan fingerprint density at radius 2 is 2.29 bits per heavy atom. The van der Waals surface area contributed by atoms with E-state index in [9.17, 15) is 4.79 Å². The van der Waals surface area contributed by atoms with Crippen molar-refractivity contribution in [3.63, 3.8) is 0 Å². The van der Waals surface area contributed by atoms with Gasteiger partial charge in [0.05, 0.1) is 19.3 Å². The Morgan fingerprint density at radius 1 is 1.52 bits per heavy atom. The van der Waals surface area contributed by atoms with E-state index in [0.717, 1.165) is 25.9 Å². The summed E-state index contributed by atoms with van der Waals surface area (Å²) in [6.45, 7) is 10.1. The summed E-state index contributed by atoms with van der Waals surface area (Å²) in [5, 5.41) is 2.92. The number of carbonyl (C=O) groups is 1. The van der Waals surface area contributed by atoms with Gasteiger partial charge in [0.2, 0.25) is 5.91 Å². The number of nitrogens with one attached hydrogen (secondary N) is 1. The summed E-state index contributed by atoms with van der Waals surface area (Å²) in [4.78, 5) is 12.5. The van der Waals surface area contributed by atoms with Crippen molar-refractivity contribution < 1.29 is 14.3 Å². The van der Waals surface area contributed by atoms with Gasteiger partial charge in [-0.05, 0) is 19.3 Å². The number of hydrogen-bond donors (Lipinski definition) is 2. The lowest BCUT2D eigenvalue weighted by Crippen LogP contribution is -2.82. The van der Waals surface area contributed by atoms with Crippen LogP contribution in [0.4, 0.5) is 0 Å². The number of nitrogens with two attached hydrogens (primary N) is 1. The largest absolute Gasteiger partial charge is 0.379 e. The van der Waals surface area contributed by atoms with Crippen molar-refractivity contribution in [3.8, 4) is 0 Å². The van der Waals surface area contributed by atoms with Crippen molar-refractivity contribution in [2.45, 2.75) is 44.8 Å². The summed E-state index contributed by atoms with van der Waals surface area (Å²) in [5.41, 5.74) is 5.33. The lowest BCUT2D eigenvalue weighted by atomic mass is 9.46. The van der Waals surface area contributed by atoms with Crippen LogP contribution in [0.15, 0.2) is 12.7 Å². The molecule has 0 radical (unpaired) electrons. The minimum atomic E-state index is -0.834. The first-order valence-electron chi connectivity index (χ1n) is 7.83. The molecule has 1 heterocycles. The molecule has 0 bridgehead atoms. The van der Waals surface area contributed by atoms with Crippen molar-refractivity contribution in [2.75, 3.05) is 26.4 Å². The van der Waals surface area contributed by atoms with E-state index in [0.29, 0.717) is 19.8 Å². The van der Waals surface area contributed by atoms with Crippen LogP contribution >= 0.6 is 0 Å². The molecular formula is C16H28N2O3. The van der Waals surface area contributed by atoms with Crippen LogP contribution < -0.4 is 11.1 Å². The van der Waals surface area contributed by atoms with E-state index in [-0.39, 0.29) is 23.3 Å². The quantitative estimate of drug-likeness (QED) is 0.547. The molecule has 1 aliphatic carbocycles. The van der Waals surface area contributed by atoms with E-state index in [1.807, 2.05) is 19.9 Å². The highest BCUT2D eigenvalue weighted by Gasteiger charge is 2.70. The minimum absolute atomic E-state index is 0.0772. The topological polar surface area (TPSA) is 73.6 Å². The van der Waals surface area contributed by atoms with E-state index in [2.05, 4.69) is 11.9 Å². The molecule has 2 rings (SSSR count). The molecule has 0 aromatic carbocycles. The molecule has 0 aromatic rings. The molecule has 1 amide bonds. The minimum Gasteiger partial charge on any atom is -0.379 e. The lowest BCUT2D eigenvalue weighted by Gasteiger charge is -2.65. The second kappa shape index (κ2) is 6.46. The average Bonchev–Trinajstić information content (AvgIpc) is 2.49. The van der Waals surface area contributed by atoms with Crippen LogP contribution in [0.25, 0.3) is 0 Å². The molecule has 0 aromatic heterocycles. The fourth-order valence-corrected chi connectivity index (χ4v) is 3.69. The molecule has 120 valence electrons. The van der Waals surface area contributed by atoms with Crippen LogP contribution in [0.2, 0.25) is 0 Å². The monoisotopic (exact) mass is 296 g/mol. The van der Waals surface area contributed by atoms with Crippen molar-refractivity contribution in [1.82, 2.24) is 5.32 Å². The Kier molecular flexibility index (Phi) is 5.07. The van der Waals surface area contributed by atoms with Crippen LogP contribution in [-0.2, 0) is 14.3 Å². The van der Waals surface area contributed by atoms with Gasteiger partial charge in [0.1, 0.15) is 5.54 Å². The third-order valence-electron chi connectivity index (χ3n) is 5.06. The van der Waals surface area contributed by atoms with Crippen LogP contribution in [0.5, 0.6) is 0 Å². The SMILES string of the molecule is C=CCCOCCNC(=O)C1(N)C2CCCOC2C1(C)C. The molecule has 1 saturated heterocycles.